The molecule has 4 aromatic rings. The molecule has 3 saturated heterocycles. The molecule has 10 rings (SSSR count). The second-order valence-corrected chi connectivity index (χ2v) is 25.7. The Kier molecular flexibility index (Phi) is 21.4. The first-order valence-electron chi connectivity index (χ1n) is 29.6. The number of hydrogen-bond acceptors (Lipinski definition) is 28. The van der Waals surface area contributed by atoms with Crippen molar-refractivity contribution in [2.75, 3.05) is 110 Å². The van der Waals surface area contributed by atoms with Crippen molar-refractivity contribution in [2.45, 2.75) is 99.3 Å². The molecule has 3 amide bonds. The molecule has 1 aliphatic carbocycles. The van der Waals surface area contributed by atoms with Gasteiger partial charge in [0, 0.05) is 53.2 Å². The third-order valence-electron chi connectivity index (χ3n) is 17.1. The third-order valence-corrected chi connectivity index (χ3v) is 18.8. The van der Waals surface area contributed by atoms with Crippen LogP contribution in [0, 0.1) is 12.8 Å². The molecule has 93 heavy (non-hydrogen) atoms. The Bertz CT molecular complexity index is 3590. The van der Waals surface area contributed by atoms with Gasteiger partial charge in [-0.1, -0.05) is 27.2 Å². The number of carbonyl (C=O) groups excluding carboxylic acids is 4. The summed E-state index contributed by atoms with van der Waals surface area (Å²) in [6.45, 7) is -1.37. The molecule has 3 aromatic carbocycles. The van der Waals surface area contributed by atoms with Crippen LogP contribution in [0.1, 0.15) is 57.3 Å². The van der Waals surface area contributed by atoms with E-state index in [4.69, 9.17) is 56.8 Å². The summed E-state index contributed by atoms with van der Waals surface area (Å²) in [6.07, 6.45) is -7.73. The first kappa shape index (κ1) is 69.3. The minimum absolute atomic E-state index is 0.0109. The number of imide groups is 1. The van der Waals surface area contributed by atoms with Gasteiger partial charge in [0.15, 0.2) is 23.1 Å². The maximum Gasteiger partial charge on any atom is 0.411 e. The van der Waals surface area contributed by atoms with Crippen molar-refractivity contribution < 1.29 is 130 Å². The van der Waals surface area contributed by atoms with E-state index in [1.165, 1.54) is 48.3 Å². The summed E-state index contributed by atoms with van der Waals surface area (Å²) >= 11 is 3.53. The zero-order valence-electron chi connectivity index (χ0n) is 50.7. The molecular weight excluding hydrogens is 1320 g/mol. The number of aryl methyl sites for hydroxylation is 1. The van der Waals surface area contributed by atoms with Crippen LogP contribution in [0.25, 0.3) is 16.5 Å². The molecule has 3 fully saturated rings. The van der Waals surface area contributed by atoms with Crippen LogP contribution in [0.15, 0.2) is 42.6 Å². The van der Waals surface area contributed by atoms with Gasteiger partial charge in [-0.3, -0.25) is 24.2 Å². The highest BCUT2D eigenvalue weighted by atomic mass is 79.9. The van der Waals surface area contributed by atoms with Gasteiger partial charge >= 0.3 is 12.1 Å². The van der Waals surface area contributed by atoms with Crippen molar-refractivity contribution >= 4 is 66.2 Å². The van der Waals surface area contributed by atoms with Crippen LogP contribution in [-0.2, 0) is 86.5 Å². The minimum atomic E-state index is -3.83. The van der Waals surface area contributed by atoms with E-state index in [1.54, 1.807) is 13.0 Å². The maximum absolute atomic E-state index is 14.5. The number of carboxylic acid groups (broad SMARTS) is 1. The molecule has 2 bridgehead atoms. The summed E-state index contributed by atoms with van der Waals surface area (Å²) in [4.78, 5) is 65.4. The number of aliphatic carboxylic acids is 1. The van der Waals surface area contributed by atoms with Crippen LogP contribution in [0.2, 0.25) is 0 Å². The molecule has 10 atom stereocenters. The highest BCUT2D eigenvalue weighted by molar-refractivity contribution is 9.09. The summed E-state index contributed by atoms with van der Waals surface area (Å²) in [5.74, 6) is -7.24. The van der Waals surface area contributed by atoms with E-state index in [-0.39, 0.29) is 116 Å². The molecule has 1 aromatic heterocycles. The lowest BCUT2D eigenvalue weighted by Gasteiger charge is -2.57. The van der Waals surface area contributed by atoms with Gasteiger partial charge in [0.1, 0.15) is 88.1 Å². The summed E-state index contributed by atoms with van der Waals surface area (Å²) in [6, 6.07) is 5.84. The van der Waals surface area contributed by atoms with E-state index in [0.717, 1.165) is 16.1 Å². The number of ketones is 1. The van der Waals surface area contributed by atoms with Crippen LogP contribution in [0.5, 0.6) is 23.0 Å². The summed E-state index contributed by atoms with van der Waals surface area (Å²) < 4.78 is 99.5. The summed E-state index contributed by atoms with van der Waals surface area (Å²) in [5.41, 5.74) is -2.35. The predicted octanol–water partition coefficient (Wildman–Crippen LogP) is -0.594. The smallest absolute Gasteiger partial charge is 0.411 e. The number of amides is 3. The van der Waals surface area contributed by atoms with E-state index in [1.807, 2.05) is 0 Å². The number of ether oxygens (including phenoxy) is 12. The minimum Gasteiger partial charge on any atom is -0.506 e. The molecule has 32 nitrogen and oxygen atoms in total. The molecule has 0 spiro atoms. The summed E-state index contributed by atoms with van der Waals surface area (Å²) in [5, 5.41) is 95.9. The number of halogens is 1. The number of aromatic hydroxyl groups is 1. The van der Waals surface area contributed by atoms with Crippen LogP contribution in [0.4, 0.5) is 4.79 Å². The van der Waals surface area contributed by atoms with E-state index in [0.29, 0.717) is 40.7 Å². The molecule has 6 heterocycles. The molecule has 5 aliphatic heterocycles. The zero-order valence-corrected chi connectivity index (χ0v) is 53.1. The second kappa shape index (κ2) is 28.8. The van der Waals surface area contributed by atoms with Crippen molar-refractivity contribution in [3.8, 4) is 28.7 Å². The lowest BCUT2D eigenvalue weighted by Crippen LogP contribution is -2.77. The van der Waals surface area contributed by atoms with Gasteiger partial charge in [0.25, 0.3) is 11.8 Å². The SMILES string of the molecule is COc1c2c(c(O)c3c4c(c(C)cc13)C1OC3(C(CO)CO)OC1[C@@](CO)(O4)[C@]3(CBr)OCN(CCS(C)(=O)=O)C(=O)OCc1ccc(O[C@@H]3O[C@H](C(=O)O)[C@@H](O)[C@H](O)[C@H]3O)c(-n3cc(COCCOCCOCCOCCN4C(=O)C=CC4=O)nn3)c1)C(=O)CCC2. The van der Waals surface area contributed by atoms with Gasteiger partial charge < -0.3 is 97.7 Å². The number of nitrogens with zero attached hydrogens (tertiary/aromatic N) is 5. The van der Waals surface area contributed by atoms with Gasteiger partial charge in [-0.05, 0) is 49.1 Å². The number of carboxylic acids is 1. The van der Waals surface area contributed by atoms with Gasteiger partial charge in [-0.2, -0.15) is 0 Å². The van der Waals surface area contributed by atoms with Crippen molar-refractivity contribution in [1.82, 2.24) is 24.8 Å². The second-order valence-electron chi connectivity index (χ2n) is 22.9. The van der Waals surface area contributed by atoms with E-state index >= 15 is 0 Å². The Hall–Kier alpha value is -6.58. The molecule has 34 heteroatoms. The van der Waals surface area contributed by atoms with E-state index in [2.05, 4.69) is 26.2 Å². The zero-order chi connectivity index (χ0) is 66.7. The Labute approximate surface area is 539 Å². The molecule has 0 saturated carbocycles. The molecule has 0 radical (unpaired) electrons. The average Bonchev–Trinajstić information content (AvgIpc) is 1.50. The van der Waals surface area contributed by atoms with Crippen molar-refractivity contribution in [2.24, 2.45) is 5.92 Å². The van der Waals surface area contributed by atoms with Gasteiger partial charge in [-0.15, -0.1) is 5.10 Å². The molecule has 3 unspecified atom stereocenters. The number of carbonyl (C=O) groups is 5. The monoisotopic (exact) mass is 1390 g/mol. The highest BCUT2D eigenvalue weighted by Crippen LogP contribution is 2.69. The maximum atomic E-state index is 14.5. The number of hydrogen-bond donors (Lipinski definition) is 8. The number of rotatable bonds is 32. The third kappa shape index (κ3) is 13.2. The lowest BCUT2D eigenvalue weighted by molar-refractivity contribution is -0.336. The number of benzene rings is 3. The van der Waals surface area contributed by atoms with Crippen molar-refractivity contribution in [3.63, 3.8) is 0 Å². The van der Waals surface area contributed by atoms with Crippen LogP contribution in [-0.4, -0.2) is 268 Å². The number of fused-ring (bicyclic) bond motifs is 6. The van der Waals surface area contributed by atoms with Crippen molar-refractivity contribution in [1.29, 1.82) is 0 Å². The first-order chi connectivity index (χ1) is 44.5. The predicted molar refractivity (Wildman–Crippen MR) is 317 cm³/mol. The fourth-order valence-electron chi connectivity index (χ4n) is 12.4. The number of sulfone groups is 1. The standard InChI is InChI=1S/C59H72BrN5O27S/c1-31-21-36-44(45(72)43-35(49(36)81-2)5-4-6-38(43)69)50-42(31)51-53-57(29-68,90-50)58(28-60,59(91-51,92-53)33(24-66)25-67)87-30-63(12-20-93(3,79)80)56(78)86-26-32-7-8-39(88-55-48(75)46(73)47(74)52(89-55)54(76)77)37(22-32)65-23-34(61-62-65)27-85-19-18-84-17-16-83-15-14-82-13-11-64-40(70)9-10-41(64)71/h7-10,21-23,33,46-48,51-53,55,66-68,72-75H,4-6,11-20,24-30H2,1-3H3,(H,76,77)/t46-,47-,48+,51?,52-,53?,55+,57+,58-,59?/m0/s1. The van der Waals surface area contributed by atoms with Crippen LogP contribution < -0.4 is 14.2 Å². The number of alkyl halides is 1. The Morgan fingerprint density at radius 2 is 1.59 bits per heavy atom. The lowest BCUT2D eigenvalue weighted by atomic mass is 9.68. The van der Waals surface area contributed by atoms with E-state index in [9.17, 15) is 73.2 Å². The Morgan fingerprint density at radius 3 is 2.24 bits per heavy atom. The molecule has 508 valence electrons. The molecule has 6 aliphatic rings. The largest absolute Gasteiger partial charge is 0.506 e. The number of phenolic OH excluding ortho intramolecular Hbond substituents is 1. The van der Waals surface area contributed by atoms with Crippen LogP contribution >= 0.6 is 15.9 Å². The van der Waals surface area contributed by atoms with Gasteiger partial charge in [0.05, 0.1) is 115 Å². The fraction of sp³-hybridized carbons (Fsp3) is 0.576. The first-order valence-corrected chi connectivity index (χ1v) is 32.8. The number of phenols is 1. The van der Waals surface area contributed by atoms with E-state index < -0.39 is 151 Å². The number of aliphatic hydroxyl groups excluding tert-OH is 6. The average molecular weight is 1400 g/mol. The molecular formula is C59H72BrN5O27S. The Balaban J connectivity index is 0.864. The number of aliphatic hydroxyl groups is 6. The normalized spacial score (nSPS) is 26.2. The van der Waals surface area contributed by atoms with Gasteiger partial charge in [0.2, 0.25) is 12.1 Å². The number of aromatic nitrogens is 3. The van der Waals surface area contributed by atoms with Crippen LogP contribution in [0.3, 0.4) is 0 Å². The summed E-state index contributed by atoms with van der Waals surface area (Å²) in [7, 11) is -2.40. The quantitative estimate of drug-likeness (QED) is 0.0131. The fourth-order valence-corrected chi connectivity index (χ4v) is 14.0. The number of Topliss-reactive ketones (excluding diaryl/α,β-unsaturated/α-hetero) is 1. The highest BCUT2D eigenvalue weighted by Gasteiger charge is 2.86. The van der Waals surface area contributed by atoms with Crippen molar-refractivity contribution in [3.05, 3.63) is 76.1 Å². The molecule has 8 N–H and O–H groups in total. The topological polar surface area (TPSA) is 429 Å². The van der Waals surface area contributed by atoms with Gasteiger partial charge in [-0.25, -0.2) is 22.7 Å². The Morgan fingerprint density at radius 1 is 0.903 bits per heavy atom. The number of methoxy groups -OCH3 is 1.